The van der Waals surface area contributed by atoms with Gasteiger partial charge in [-0.2, -0.15) is 0 Å². The molecule has 0 fully saturated rings. The standard InChI is InChI=1S/C19H20N2O3S/c22-16-6-5-13(11-17(16)23)7-9-20-19(24)21-10-8-15-12-14-3-1-2-4-18(14)25-15/h1-6,11-12,22-23H,7-10H2,(H2,20,21,24). The molecule has 0 atom stereocenters. The van der Waals surface area contributed by atoms with Crippen LogP contribution in [0, 0.1) is 0 Å². The van der Waals surface area contributed by atoms with Crippen LogP contribution in [-0.4, -0.2) is 29.3 Å². The van der Waals surface area contributed by atoms with Crippen LogP contribution >= 0.6 is 11.3 Å². The van der Waals surface area contributed by atoms with Crippen molar-refractivity contribution in [2.45, 2.75) is 12.8 Å². The van der Waals surface area contributed by atoms with Crippen LogP contribution in [0.5, 0.6) is 11.5 Å². The van der Waals surface area contributed by atoms with E-state index < -0.39 is 0 Å². The van der Waals surface area contributed by atoms with Gasteiger partial charge in [-0.15, -0.1) is 11.3 Å². The van der Waals surface area contributed by atoms with Gasteiger partial charge in [0.1, 0.15) is 0 Å². The number of nitrogens with one attached hydrogen (secondary N) is 2. The summed E-state index contributed by atoms with van der Waals surface area (Å²) in [4.78, 5) is 13.1. The lowest BCUT2D eigenvalue weighted by Gasteiger charge is -2.07. The van der Waals surface area contributed by atoms with E-state index in [4.69, 9.17) is 0 Å². The molecule has 4 N–H and O–H groups in total. The van der Waals surface area contributed by atoms with Gasteiger partial charge < -0.3 is 20.8 Å². The molecular weight excluding hydrogens is 336 g/mol. The molecule has 0 spiro atoms. The summed E-state index contributed by atoms with van der Waals surface area (Å²) in [6, 6.07) is 14.9. The summed E-state index contributed by atoms with van der Waals surface area (Å²) in [5, 5.41) is 25.6. The zero-order valence-corrected chi connectivity index (χ0v) is 14.5. The molecule has 0 bridgehead atoms. The Kier molecular flexibility index (Phi) is 5.40. The van der Waals surface area contributed by atoms with Crippen LogP contribution in [-0.2, 0) is 12.8 Å². The van der Waals surface area contributed by atoms with Crippen molar-refractivity contribution in [3.63, 3.8) is 0 Å². The number of aromatic hydroxyl groups is 2. The molecule has 5 nitrogen and oxygen atoms in total. The Labute approximate surface area is 149 Å². The maximum Gasteiger partial charge on any atom is 0.314 e. The third-order valence-electron chi connectivity index (χ3n) is 3.87. The number of phenolic OH excluding ortho intramolecular Hbond substituents is 2. The summed E-state index contributed by atoms with van der Waals surface area (Å²) >= 11 is 1.75. The van der Waals surface area contributed by atoms with Gasteiger partial charge in [0, 0.05) is 22.7 Å². The molecule has 0 saturated heterocycles. The zero-order chi connectivity index (χ0) is 17.6. The summed E-state index contributed by atoms with van der Waals surface area (Å²) in [6.45, 7) is 1.04. The van der Waals surface area contributed by atoms with Crippen molar-refractivity contribution in [3.8, 4) is 11.5 Å². The largest absolute Gasteiger partial charge is 0.504 e. The second kappa shape index (κ2) is 7.90. The van der Waals surface area contributed by atoms with E-state index in [1.807, 2.05) is 12.1 Å². The number of rotatable bonds is 6. The highest BCUT2D eigenvalue weighted by atomic mass is 32.1. The molecule has 25 heavy (non-hydrogen) atoms. The molecular formula is C19H20N2O3S. The third kappa shape index (κ3) is 4.64. The molecule has 0 aliphatic heterocycles. The van der Waals surface area contributed by atoms with Crippen LogP contribution < -0.4 is 10.6 Å². The topological polar surface area (TPSA) is 81.6 Å². The van der Waals surface area contributed by atoms with Gasteiger partial charge >= 0.3 is 6.03 Å². The summed E-state index contributed by atoms with van der Waals surface area (Å²) in [5.74, 6) is -0.291. The average Bonchev–Trinajstić information content (AvgIpc) is 3.01. The van der Waals surface area contributed by atoms with Crippen molar-refractivity contribution in [2.24, 2.45) is 0 Å². The van der Waals surface area contributed by atoms with Crippen molar-refractivity contribution in [3.05, 3.63) is 59.0 Å². The number of fused-ring (bicyclic) bond motifs is 1. The Morgan fingerprint density at radius 2 is 1.68 bits per heavy atom. The normalized spacial score (nSPS) is 10.7. The van der Waals surface area contributed by atoms with Gasteiger partial charge in [-0.1, -0.05) is 24.3 Å². The van der Waals surface area contributed by atoms with E-state index in [9.17, 15) is 15.0 Å². The molecule has 0 unspecified atom stereocenters. The number of amides is 2. The Morgan fingerprint density at radius 1 is 0.920 bits per heavy atom. The third-order valence-corrected chi connectivity index (χ3v) is 5.05. The summed E-state index contributed by atoms with van der Waals surface area (Å²) in [7, 11) is 0. The van der Waals surface area contributed by atoms with Gasteiger partial charge in [-0.25, -0.2) is 4.79 Å². The molecule has 1 heterocycles. The van der Waals surface area contributed by atoms with Crippen LogP contribution in [0.2, 0.25) is 0 Å². The monoisotopic (exact) mass is 356 g/mol. The summed E-state index contributed by atoms with van der Waals surface area (Å²) < 4.78 is 1.26. The Bertz CT molecular complexity index is 843. The van der Waals surface area contributed by atoms with E-state index in [2.05, 4.69) is 28.8 Å². The fourth-order valence-electron chi connectivity index (χ4n) is 2.57. The number of urea groups is 1. The minimum absolute atomic E-state index is 0.143. The van der Waals surface area contributed by atoms with Crippen LogP contribution in [0.1, 0.15) is 10.4 Å². The van der Waals surface area contributed by atoms with E-state index in [0.29, 0.717) is 19.5 Å². The number of phenols is 2. The first-order chi connectivity index (χ1) is 12.1. The quantitative estimate of drug-likeness (QED) is 0.511. The number of hydrogen-bond acceptors (Lipinski definition) is 4. The predicted molar refractivity (Wildman–Crippen MR) is 100 cm³/mol. The Morgan fingerprint density at radius 3 is 2.44 bits per heavy atom. The van der Waals surface area contributed by atoms with Gasteiger partial charge in [0.25, 0.3) is 0 Å². The van der Waals surface area contributed by atoms with Gasteiger partial charge in [0.05, 0.1) is 0 Å². The lowest BCUT2D eigenvalue weighted by molar-refractivity contribution is 0.241. The number of thiophene rings is 1. The molecule has 0 aliphatic rings. The second-order valence-electron chi connectivity index (χ2n) is 5.76. The molecule has 3 aromatic rings. The highest BCUT2D eigenvalue weighted by molar-refractivity contribution is 7.19. The molecule has 2 aromatic carbocycles. The van der Waals surface area contributed by atoms with Crippen LogP contribution in [0.4, 0.5) is 4.79 Å². The Hall–Kier alpha value is -2.73. The smallest absolute Gasteiger partial charge is 0.314 e. The molecule has 3 rings (SSSR count). The van der Waals surface area contributed by atoms with Crippen molar-refractivity contribution in [1.82, 2.24) is 10.6 Å². The maximum atomic E-state index is 11.8. The van der Waals surface area contributed by atoms with Gasteiger partial charge in [0.15, 0.2) is 11.5 Å². The highest BCUT2D eigenvalue weighted by Gasteiger charge is 2.04. The number of benzene rings is 2. The van der Waals surface area contributed by atoms with Gasteiger partial charge in [0.2, 0.25) is 0 Å². The fraction of sp³-hybridized carbons (Fsp3) is 0.211. The summed E-state index contributed by atoms with van der Waals surface area (Å²) in [6.07, 6.45) is 1.39. The minimum Gasteiger partial charge on any atom is -0.504 e. The molecule has 130 valence electrons. The lowest BCUT2D eigenvalue weighted by atomic mass is 10.1. The molecule has 0 aliphatic carbocycles. The van der Waals surface area contributed by atoms with E-state index in [-0.39, 0.29) is 17.5 Å². The molecule has 1 aromatic heterocycles. The zero-order valence-electron chi connectivity index (χ0n) is 13.7. The summed E-state index contributed by atoms with van der Waals surface area (Å²) in [5.41, 5.74) is 0.848. The molecule has 6 heteroatoms. The first-order valence-electron chi connectivity index (χ1n) is 8.12. The van der Waals surface area contributed by atoms with E-state index in [1.165, 1.54) is 27.1 Å². The highest BCUT2D eigenvalue weighted by Crippen LogP contribution is 2.25. The van der Waals surface area contributed by atoms with Crippen LogP contribution in [0.25, 0.3) is 10.1 Å². The van der Waals surface area contributed by atoms with Crippen molar-refractivity contribution in [2.75, 3.05) is 13.1 Å². The first-order valence-corrected chi connectivity index (χ1v) is 8.93. The number of carbonyl (C=O) groups is 1. The van der Waals surface area contributed by atoms with Crippen molar-refractivity contribution in [1.29, 1.82) is 0 Å². The van der Waals surface area contributed by atoms with Crippen LogP contribution in [0.3, 0.4) is 0 Å². The number of carbonyl (C=O) groups excluding carboxylic acids is 1. The molecule has 2 amide bonds. The fourth-order valence-corrected chi connectivity index (χ4v) is 3.63. The molecule has 0 saturated carbocycles. The van der Waals surface area contributed by atoms with E-state index >= 15 is 0 Å². The average molecular weight is 356 g/mol. The first kappa shape index (κ1) is 17.1. The second-order valence-corrected chi connectivity index (χ2v) is 6.92. The lowest BCUT2D eigenvalue weighted by Crippen LogP contribution is -2.37. The predicted octanol–water partition coefficient (Wildman–Crippen LogP) is 3.40. The van der Waals surface area contributed by atoms with Crippen molar-refractivity contribution >= 4 is 27.5 Å². The van der Waals surface area contributed by atoms with Gasteiger partial charge in [-0.05, 0) is 48.1 Å². The SMILES string of the molecule is O=C(NCCc1ccc(O)c(O)c1)NCCc1cc2ccccc2s1. The molecule has 0 radical (unpaired) electrons. The van der Waals surface area contributed by atoms with Crippen molar-refractivity contribution < 1.29 is 15.0 Å². The minimum atomic E-state index is -0.205. The van der Waals surface area contributed by atoms with Crippen LogP contribution in [0.15, 0.2) is 48.5 Å². The van der Waals surface area contributed by atoms with Gasteiger partial charge in [-0.3, -0.25) is 0 Å². The van der Waals surface area contributed by atoms with E-state index in [0.717, 1.165) is 12.0 Å². The van der Waals surface area contributed by atoms with E-state index in [1.54, 1.807) is 17.4 Å². The Balaban J connectivity index is 1.38. The maximum absolute atomic E-state index is 11.8. The number of hydrogen-bond donors (Lipinski definition) is 4.